The van der Waals surface area contributed by atoms with E-state index in [9.17, 15) is 10.1 Å². The molecule has 5 aliphatic rings. The van der Waals surface area contributed by atoms with Crippen molar-refractivity contribution in [3.63, 3.8) is 0 Å². The van der Waals surface area contributed by atoms with Crippen LogP contribution in [0.2, 0.25) is 5.15 Å². The number of hydrogen-bond acceptors (Lipinski definition) is 3. The summed E-state index contributed by atoms with van der Waals surface area (Å²) in [6, 6.07) is 2.08. The summed E-state index contributed by atoms with van der Waals surface area (Å²) in [6.07, 6.45) is 15.1. The van der Waals surface area contributed by atoms with Gasteiger partial charge in [0.05, 0.1) is 6.54 Å². The van der Waals surface area contributed by atoms with Crippen LogP contribution in [0.5, 0.6) is 0 Å². The first-order chi connectivity index (χ1) is 16.2. The number of nitrogens with zero attached hydrogens (tertiary/aromatic N) is 3. The topological polar surface area (TPSA) is 58.7 Å². The Morgan fingerprint density at radius 2 is 1.88 bits per heavy atom. The van der Waals surface area contributed by atoms with E-state index in [1.54, 1.807) is 10.9 Å². The highest BCUT2D eigenvalue weighted by molar-refractivity contribution is 6.30. The van der Waals surface area contributed by atoms with Crippen molar-refractivity contribution in [2.24, 2.45) is 58.2 Å². The Hall–Kier alpha value is -1.34. The van der Waals surface area contributed by atoms with E-state index in [0.29, 0.717) is 28.6 Å². The van der Waals surface area contributed by atoms with Gasteiger partial charge in [-0.25, -0.2) is 0 Å². The molecular weight excluding hydrogens is 442 g/mol. The zero-order valence-corrected chi connectivity index (χ0v) is 21.9. The lowest BCUT2D eigenvalue weighted by molar-refractivity contribution is -0.132. The van der Waals surface area contributed by atoms with Gasteiger partial charge in [-0.05, 0) is 110 Å². The molecule has 0 aromatic carbocycles. The number of hydrogen-bond donors (Lipinski definition) is 0. The van der Waals surface area contributed by atoms with Crippen molar-refractivity contribution in [1.82, 2.24) is 9.78 Å². The predicted octanol–water partition coefficient (Wildman–Crippen LogP) is 6.91. The van der Waals surface area contributed by atoms with Gasteiger partial charge in [0.25, 0.3) is 0 Å². The summed E-state index contributed by atoms with van der Waals surface area (Å²) in [7, 11) is 0. The Kier molecular flexibility index (Phi) is 5.49. The lowest BCUT2D eigenvalue weighted by Gasteiger charge is -2.57. The molecule has 5 aliphatic carbocycles. The number of nitriles is 1. The van der Waals surface area contributed by atoms with Crippen LogP contribution >= 0.6 is 11.6 Å². The van der Waals surface area contributed by atoms with Crippen LogP contribution in [-0.2, 0) is 11.3 Å². The number of rotatable bonds is 4. The molecule has 4 nitrogen and oxygen atoms in total. The zero-order chi connectivity index (χ0) is 23.8. The summed E-state index contributed by atoms with van der Waals surface area (Å²) in [5.74, 6) is 6.33. The normalized spacial score (nSPS) is 44.4. The molecule has 0 unspecified atom stereocenters. The Morgan fingerprint density at radius 1 is 1.12 bits per heavy atom. The molecule has 1 aromatic rings. The highest BCUT2D eigenvalue weighted by Crippen LogP contribution is 2.72. The Labute approximate surface area is 209 Å². The van der Waals surface area contributed by atoms with Gasteiger partial charge in [0, 0.05) is 12.1 Å². The van der Waals surface area contributed by atoms with Gasteiger partial charge in [-0.15, -0.1) is 0 Å². The second-order valence-corrected chi connectivity index (χ2v) is 13.8. The van der Waals surface area contributed by atoms with Crippen LogP contribution in [0.3, 0.4) is 0 Å². The summed E-state index contributed by atoms with van der Waals surface area (Å²) in [5, 5.41) is 13.7. The molecule has 0 spiro atoms. The third-order valence-electron chi connectivity index (χ3n) is 11.7. The lowest BCUT2D eigenvalue weighted by atomic mass is 9.47. The van der Waals surface area contributed by atoms with Crippen molar-refractivity contribution in [2.45, 2.75) is 91.5 Å². The van der Waals surface area contributed by atoms with Crippen LogP contribution in [0.1, 0.15) is 90.5 Å². The van der Waals surface area contributed by atoms with Gasteiger partial charge in [0.2, 0.25) is 0 Å². The molecule has 5 heteroatoms. The van der Waals surface area contributed by atoms with Crippen molar-refractivity contribution in [3.05, 3.63) is 16.9 Å². The minimum absolute atomic E-state index is 0.109. The van der Waals surface area contributed by atoms with Crippen molar-refractivity contribution in [2.75, 3.05) is 0 Å². The highest BCUT2D eigenvalue weighted by atomic mass is 35.5. The molecule has 0 bridgehead atoms. The Morgan fingerprint density at radius 3 is 2.59 bits per heavy atom. The van der Waals surface area contributed by atoms with Crippen LogP contribution in [0, 0.1) is 69.5 Å². The maximum atomic E-state index is 13.8. The van der Waals surface area contributed by atoms with Crippen molar-refractivity contribution in [3.8, 4) is 6.07 Å². The van der Waals surface area contributed by atoms with Crippen LogP contribution in [0.15, 0.2) is 6.20 Å². The summed E-state index contributed by atoms with van der Waals surface area (Å²) in [5.41, 5.74) is 0.912. The number of halogens is 1. The number of carbonyl (C=O) groups is 1. The van der Waals surface area contributed by atoms with E-state index >= 15 is 0 Å². The monoisotopic (exact) mass is 481 g/mol. The van der Waals surface area contributed by atoms with Gasteiger partial charge < -0.3 is 0 Å². The first kappa shape index (κ1) is 23.1. The number of aromatic nitrogens is 2. The molecule has 1 heterocycles. The maximum absolute atomic E-state index is 13.8. The molecule has 0 aliphatic heterocycles. The van der Waals surface area contributed by atoms with Gasteiger partial charge in [0.1, 0.15) is 11.6 Å². The molecule has 184 valence electrons. The SMILES string of the molecule is C[C@H]1CC[C@H]2[C@H](CC[C@@H]3[C@@H]2CC[C@@]2(C)[C@H]3[C@H](C3(C)CC3)C[C@@H]2C(=O)Cn2cc(C#N)c(Cl)n2)C1. The molecule has 0 N–H and O–H groups in total. The van der Waals surface area contributed by atoms with E-state index in [2.05, 4.69) is 31.9 Å². The smallest absolute Gasteiger partial charge is 0.168 e. The summed E-state index contributed by atoms with van der Waals surface area (Å²) < 4.78 is 1.60. The summed E-state index contributed by atoms with van der Waals surface area (Å²) >= 11 is 6.09. The second kappa shape index (κ2) is 8.09. The molecule has 9 atom stereocenters. The fourth-order valence-electron chi connectivity index (χ4n) is 9.81. The van der Waals surface area contributed by atoms with Crippen LogP contribution in [0.25, 0.3) is 0 Å². The average Bonchev–Trinajstić information content (AvgIpc) is 3.31. The molecule has 5 saturated carbocycles. The van der Waals surface area contributed by atoms with E-state index in [4.69, 9.17) is 11.6 Å². The second-order valence-electron chi connectivity index (χ2n) is 13.5. The fourth-order valence-corrected chi connectivity index (χ4v) is 9.99. The van der Waals surface area contributed by atoms with Gasteiger partial charge in [-0.3, -0.25) is 9.48 Å². The summed E-state index contributed by atoms with van der Waals surface area (Å²) in [6.45, 7) is 7.70. The third-order valence-corrected chi connectivity index (χ3v) is 12.0. The van der Waals surface area contributed by atoms with Crippen LogP contribution < -0.4 is 0 Å². The molecule has 34 heavy (non-hydrogen) atoms. The van der Waals surface area contributed by atoms with Crippen LogP contribution in [0.4, 0.5) is 0 Å². The number of carbonyl (C=O) groups excluding carboxylic acids is 1. The third kappa shape index (κ3) is 3.51. The van der Waals surface area contributed by atoms with E-state index in [1.807, 2.05) is 0 Å². The molecule has 1 aromatic heterocycles. The lowest BCUT2D eigenvalue weighted by Crippen LogP contribution is -2.51. The first-order valence-electron chi connectivity index (χ1n) is 13.9. The molecular formula is C29H40ClN3O. The molecule has 5 fully saturated rings. The fraction of sp³-hybridized carbons (Fsp3) is 0.828. The number of ketones is 1. The highest BCUT2D eigenvalue weighted by Gasteiger charge is 2.66. The largest absolute Gasteiger partial charge is 0.297 e. The number of fused-ring (bicyclic) bond motifs is 5. The molecule has 0 amide bonds. The van der Waals surface area contributed by atoms with Crippen molar-refractivity contribution < 1.29 is 4.79 Å². The Bertz CT molecular complexity index is 1020. The van der Waals surface area contributed by atoms with Crippen molar-refractivity contribution in [1.29, 1.82) is 5.26 Å². The van der Waals surface area contributed by atoms with Gasteiger partial charge in [-0.1, -0.05) is 38.8 Å². The predicted molar refractivity (Wildman–Crippen MR) is 133 cm³/mol. The van der Waals surface area contributed by atoms with E-state index < -0.39 is 0 Å². The van der Waals surface area contributed by atoms with E-state index in [-0.39, 0.29) is 23.0 Å². The van der Waals surface area contributed by atoms with E-state index in [0.717, 1.165) is 36.0 Å². The minimum atomic E-state index is 0.109. The van der Waals surface area contributed by atoms with E-state index in [1.165, 1.54) is 57.8 Å². The number of Topliss-reactive ketones (excluding diaryl/α,β-unsaturated/α-hetero) is 1. The van der Waals surface area contributed by atoms with Gasteiger partial charge in [0.15, 0.2) is 10.9 Å². The minimum Gasteiger partial charge on any atom is -0.297 e. The van der Waals surface area contributed by atoms with Gasteiger partial charge in [-0.2, -0.15) is 10.4 Å². The Balaban J connectivity index is 1.28. The van der Waals surface area contributed by atoms with Crippen LogP contribution in [-0.4, -0.2) is 15.6 Å². The standard InChI is InChI=1S/C29H40ClN3O/c1-17-4-6-20-18(12-17)5-7-22-21(20)8-9-29(3)23(13-24(26(22)29)28(2)10-11-28)25(34)16-33-15-19(14-31)27(30)32-33/h15,17-18,20-24,26H,4-13,16H2,1-3H3/t17-,18+,20-,21+,22+,23+,24+,26+,29+/m0/s1. The molecule has 0 saturated heterocycles. The molecule has 0 radical (unpaired) electrons. The van der Waals surface area contributed by atoms with Gasteiger partial charge >= 0.3 is 0 Å². The zero-order valence-electron chi connectivity index (χ0n) is 21.1. The molecule has 6 rings (SSSR count). The first-order valence-corrected chi connectivity index (χ1v) is 14.3. The average molecular weight is 482 g/mol. The quantitative estimate of drug-likeness (QED) is 0.469. The summed E-state index contributed by atoms with van der Waals surface area (Å²) in [4.78, 5) is 13.8. The van der Waals surface area contributed by atoms with Crippen molar-refractivity contribution >= 4 is 17.4 Å². The maximum Gasteiger partial charge on any atom is 0.168 e.